The maximum absolute atomic E-state index is 11.1. The van der Waals surface area contributed by atoms with Crippen LogP contribution in [0.15, 0.2) is 10.6 Å². The Kier molecular flexibility index (Phi) is 3.07. The van der Waals surface area contributed by atoms with Crippen LogP contribution in [0, 0.1) is 0 Å². The fraction of sp³-hybridized carbons (Fsp3) is 0.333. The van der Waals surface area contributed by atoms with E-state index in [1.165, 1.54) is 0 Å². The molecule has 0 N–H and O–H groups in total. The Bertz CT molecular complexity index is 84.2. The van der Waals surface area contributed by atoms with Gasteiger partial charge in [-0.1, -0.05) is 0 Å². The summed E-state index contributed by atoms with van der Waals surface area (Å²) < 4.78 is 32.4. The minimum absolute atomic E-state index is 0.674. The minimum atomic E-state index is -2.00. The van der Waals surface area contributed by atoms with Gasteiger partial charge in [-0.2, -0.15) is 8.78 Å². The summed E-state index contributed by atoms with van der Waals surface area (Å²) in [6.07, 6.45) is -2.00. The largest absolute Gasteiger partial charge is 0.283 e. The molecule has 0 aromatic carbocycles. The van der Waals surface area contributed by atoms with Gasteiger partial charge in [-0.05, 0) is 15.9 Å². The van der Waals surface area contributed by atoms with Crippen molar-refractivity contribution in [2.75, 3.05) is 6.67 Å². The van der Waals surface area contributed by atoms with Crippen LogP contribution in [0.5, 0.6) is 0 Å². The van der Waals surface area contributed by atoms with Crippen LogP contribution in [0.25, 0.3) is 0 Å². The lowest BCUT2D eigenvalue weighted by atomic mass is 10.7. The summed E-state index contributed by atoms with van der Waals surface area (Å²) in [5.74, 6) is 0. The van der Waals surface area contributed by atoms with Crippen LogP contribution in [-0.4, -0.2) is 6.67 Å². The van der Waals surface area contributed by atoms with Crippen LogP contribution in [0.4, 0.5) is 13.2 Å². The molecule has 0 saturated carbocycles. The second-order valence-electron chi connectivity index (χ2n) is 0.799. The van der Waals surface area contributed by atoms with E-state index in [1.807, 2.05) is 0 Å². The van der Waals surface area contributed by atoms with Crippen LogP contribution < -0.4 is 0 Å². The van der Waals surface area contributed by atoms with E-state index in [4.69, 9.17) is 0 Å². The first-order valence-corrected chi connectivity index (χ1v) is 2.23. The van der Waals surface area contributed by atoms with Crippen molar-refractivity contribution in [1.82, 2.24) is 0 Å². The van der Waals surface area contributed by atoms with Crippen LogP contribution in [0.2, 0.25) is 0 Å². The molecule has 0 aromatic rings. The summed E-state index contributed by atoms with van der Waals surface area (Å²) in [5, 5.41) is 0. The average molecular weight is 175 g/mol. The van der Waals surface area contributed by atoms with Crippen molar-refractivity contribution in [2.45, 2.75) is 0 Å². The number of allylic oxidation sites excluding steroid dienone is 1. The third-order valence-electron chi connectivity index (χ3n) is 0.322. The van der Waals surface area contributed by atoms with E-state index in [0.717, 1.165) is 0 Å². The van der Waals surface area contributed by atoms with Crippen LogP contribution in [0.3, 0.4) is 0 Å². The van der Waals surface area contributed by atoms with Crippen molar-refractivity contribution >= 4 is 15.9 Å². The van der Waals surface area contributed by atoms with Gasteiger partial charge in [0.1, 0.15) is 6.67 Å². The highest BCUT2D eigenvalue weighted by Crippen LogP contribution is 2.13. The molecule has 0 fully saturated rings. The third kappa shape index (κ3) is 2.68. The van der Waals surface area contributed by atoms with Crippen LogP contribution in [-0.2, 0) is 0 Å². The van der Waals surface area contributed by atoms with Gasteiger partial charge in [-0.25, -0.2) is 4.39 Å². The Morgan fingerprint density at radius 2 is 1.86 bits per heavy atom. The normalized spacial score (nSPS) is 8.57. The molecule has 4 heteroatoms. The average Bonchev–Trinajstić information content (AvgIpc) is 1.65. The number of alkyl halides is 1. The van der Waals surface area contributed by atoms with Gasteiger partial charge in [-0.3, -0.25) is 0 Å². The molecular formula is C3H2BrF3. The molecular weight excluding hydrogens is 173 g/mol. The number of hydrogen-bond donors (Lipinski definition) is 0. The Morgan fingerprint density at radius 3 is 1.86 bits per heavy atom. The summed E-state index contributed by atoms with van der Waals surface area (Å²) in [4.78, 5) is 0. The van der Waals surface area contributed by atoms with E-state index in [0.29, 0.717) is 0 Å². The van der Waals surface area contributed by atoms with E-state index in [2.05, 4.69) is 15.9 Å². The van der Waals surface area contributed by atoms with Gasteiger partial charge >= 0.3 is 0 Å². The van der Waals surface area contributed by atoms with Crippen molar-refractivity contribution < 1.29 is 13.2 Å². The van der Waals surface area contributed by atoms with Gasteiger partial charge in [0, 0.05) is 0 Å². The highest BCUT2D eigenvalue weighted by Gasteiger charge is 1.97. The smallest absolute Gasteiger partial charge is 0.245 e. The quantitative estimate of drug-likeness (QED) is 0.574. The minimum Gasteiger partial charge on any atom is -0.245 e. The molecule has 0 unspecified atom stereocenters. The standard InChI is InChI=1S/C3H2BrF3/c4-2(1-5)3(6)7/h1H2. The second kappa shape index (κ2) is 3.07. The first-order chi connectivity index (χ1) is 3.18. The monoisotopic (exact) mass is 174 g/mol. The lowest BCUT2D eigenvalue weighted by Crippen LogP contribution is -1.72. The number of rotatable bonds is 1. The van der Waals surface area contributed by atoms with Gasteiger partial charge in [0.25, 0.3) is 6.08 Å². The van der Waals surface area contributed by atoms with E-state index in [1.54, 1.807) is 0 Å². The molecule has 0 spiro atoms. The second-order valence-corrected chi connectivity index (χ2v) is 1.76. The van der Waals surface area contributed by atoms with Crippen molar-refractivity contribution in [1.29, 1.82) is 0 Å². The van der Waals surface area contributed by atoms with Crippen molar-refractivity contribution in [3.05, 3.63) is 10.6 Å². The lowest BCUT2D eigenvalue weighted by molar-refractivity contribution is 0.406. The van der Waals surface area contributed by atoms with E-state index < -0.39 is 17.2 Å². The van der Waals surface area contributed by atoms with Crippen molar-refractivity contribution in [3.63, 3.8) is 0 Å². The number of hydrogen-bond acceptors (Lipinski definition) is 0. The Morgan fingerprint density at radius 1 is 1.43 bits per heavy atom. The fourth-order valence-corrected chi connectivity index (χ4v) is 0.0505. The van der Waals surface area contributed by atoms with Crippen LogP contribution in [0.1, 0.15) is 0 Å². The van der Waals surface area contributed by atoms with E-state index >= 15 is 0 Å². The predicted molar refractivity (Wildman–Crippen MR) is 24.1 cm³/mol. The molecule has 0 aliphatic carbocycles. The summed E-state index contributed by atoms with van der Waals surface area (Å²) in [6, 6.07) is 0. The Hall–Kier alpha value is 0.01000. The summed E-state index contributed by atoms with van der Waals surface area (Å²) in [7, 11) is 0. The van der Waals surface area contributed by atoms with Gasteiger partial charge in [0.15, 0.2) is 0 Å². The zero-order valence-electron chi connectivity index (χ0n) is 3.22. The molecule has 0 heterocycles. The maximum atomic E-state index is 11.1. The molecule has 0 aliphatic rings. The molecule has 7 heavy (non-hydrogen) atoms. The van der Waals surface area contributed by atoms with Gasteiger partial charge < -0.3 is 0 Å². The molecule has 0 aliphatic heterocycles. The highest BCUT2D eigenvalue weighted by atomic mass is 79.9. The summed E-state index contributed by atoms with van der Waals surface area (Å²) in [6.45, 7) is -1.14. The molecule has 0 rings (SSSR count). The fourth-order valence-electron chi connectivity index (χ4n) is 0.0505. The zero-order valence-corrected chi connectivity index (χ0v) is 4.80. The van der Waals surface area contributed by atoms with Crippen LogP contribution >= 0.6 is 15.9 Å². The van der Waals surface area contributed by atoms with E-state index in [9.17, 15) is 13.2 Å². The lowest BCUT2D eigenvalue weighted by Gasteiger charge is -1.81. The molecule has 0 nitrogen and oxygen atoms in total. The van der Waals surface area contributed by atoms with Gasteiger partial charge in [0.05, 0.1) is 4.48 Å². The first-order valence-electron chi connectivity index (χ1n) is 1.44. The number of halogens is 4. The molecule has 42 valence electrons. The van der Waals surface area contributed by atoms with Crippen molar-refractivity contribution in [2.24, 2.45) is 0 Å². The highest BCUT2D eigenvalue weighted by molar-refractivity contribution is 9.11. The maximum Gasteiger partial charge on any atom is 0.283 e. The molecule has 0 atom stereocenters. The Labute approximate surface area is 47.1 Å². The summed E-state index contributed by atoms with van der Waals surface area (Å²) in [5.41, 5.74) is 0. The predicted octanol–water partition coefficient (Wildman–Crippen LogP) is 2.46. The molecule has 0 saturated heterocycles. The van der Waals surface area contributed by atoms with Gasteiger partial charge in [-0.15, -0.1) is 0 Å². The molecule has 0 aromatic heterocycles. The van der Waals surface area contributed by atoms with Crippen molar-refractivity contribution in [3.8, 4) is 0 Å². The molecule has 0 bridgehead atoms. The molecule has 0 amide bonds. The Balaban J connectivity index is 3.72. The zero-order chi connectivity index (χ0) is 5.86. The third-order valence-corrected chi connectivity index (χ3v) is 0.834. The topological polar surface area (TPSA) is 0 Å². The summed E-state index contributed by atoms with van der Waals surface area (Å²) >= 11 is 2.30. The SMILES string of the molecule is FCC(Br)=C(F)F. The molecule has 0 radical (unpaired) electrons. The first kappa shape index (κ1) is 7.01. The van der Waals surface area contributed by atoms with E-state index in [-0.39, 0.29) is 0 Å². The van der Waals surface area contributed by atoms with Gasteiger partial charge in [0.2, 0.25) is 0 Å².